The first-order valence-corrected chi connectivity index (χ1v) is 14.7. The number of anilines is 1. The van der Waals surface area contributed by atoms with Crippen molar-refractivity contribution in [2.45, 2.75) is 58.4 Å². The van der Waals surface area contributed by atoms with Crippen molar-refractivity contribution in [2.75, 3.05) is 44.3 Å². The lowest BCUT2D eigenvalue weighted by atomic mass is 9.95. The first-order valence-electron chi connectivity index (χ1n) is 12.8. The highest BCUT2D eigenvalue weighted by Crippen LogP contribution is 2.49. The van der Waals surface area contributed by atoms with Crippen molar-refractivity contribution >= 4 is 28.6 Å². The number of morpholine rings is 1. The number of piperazine rings is 1. The van der Waals surface area contributed by atoms with Gasteiger partial charge in [-0.2, -0.15) is 30.6 Å². The fourth-order valence-corrected chi connectivity index (χ4v) is 7.77. The number of ether oxygens (including phenoxy) is 1. The molecule has 232 valence electrons. The topological polar surface area (TPSA) is 119 Å². The van der Waals surface area contributed by atoms with E-state index in [1.54, 1.807) is 12.1 Å². The Morgan fingerprint density at radius 2 is 1.67 bits per heavy atom. The molecule has 3 fully saturated rings. The van der Waals surface area contributed by atoms with Crippen molar-refractivity contribution in [1.29, 1.82) is 0 Å². The molecule has 0 radical (unpaired) electrons. The fourth-order valence-electron chi connectivity index (χ4n) is 5.71. The van der Waals surface area contributed by atoms with Crippen molar-refractivity contribution < 1.29 is 49.7 Å². The Hall–Kier alpha value is -2.22. The molecule has 2 N–H and O–H groups in total. The molecule has 1 aromatic heterocycles. The second-order valence-corrected chi connectivity index (χ2v) is 12.8. The minimum Gasteiger partial charge on any atom is -0.391 e. The number of hydrogen-bond acceptors (Lipinski definition) is 10. The summed E-state index contributed by atoms with van der Waals surface area (Å²) in [6, 6.07) is 4.82. The minimum absolute atomic E-state index is 0.0263. The lowest BCUT2D eigenvalue weighted by Gasteiger charge is -2.45. The summed E-state index contributed by atoms with van der Waals surface area (Å²) in [5.74, 6) is -0.247. The molecule has 0 saturated carbocycles. The molecular formula is C24H27F6N5O5S2. The number of sulfonamides is 1. The van der Waals surface area contributed by atoms with E-state index in [9.17, 15) is 45.0 Å². The highest BCUT2D eigenvalue weighted by atomic mass is 32.2. The quantitative estimate of drug-likeness (QED) is 0.320. The van der Waals surface area contributed by atoms with Crippen LogP contribution in [0.1, 0.15) is 12.0 Å². The Balaban J connectivity index is 1.47. The van der Waals surface area contributed by atoms with E-state index in [-0.39, 0.29) is 73.0 Å². The largest absolute Gasteiger partial charge is 0.430 e. The smallest absolute Gasteiger partial charge is 0.391 e. The summed E-state index contributed by atoms with van der Waals surface area (Å²) in [5.41, 5.74) is -6.79. The second kappa shape index (κ2) is 11.0. The van der Waals surface area contributed by atoms with Crippen molar-refractivity contribution in [3.8, 4) is 0 Å². The molecule has 3 aliphatic rings. The van der Waals surface area contributed by atoms with Gasteiger partial charge in [0, 0.05) is 55.1 Å². The number of thiol groups is 1. The molecule has 10 nitrogen and oxygen atoms in total. The Labute approximate surface area is 242 Å². The molecule has 18 heteroatoms. The van der Waals surface area contributed by atoms with Gasteiger partial charge in [0.15, 0.2) is 0 Å². The van der Waals surface area contributed by atoms with E-state index in [4.69, 9.17) is 4.74 Å². The molecule has 42 heavy (non-hydrogen) atoms. The number of aromatic nitrogens is 2. The van der Waals surface area contributed by atoms with Crippen LogP contribution < -0.4 is 4.90 Å². The first kappa shape index (κ1) is 31.2. The third-order valence-electron chi connectivity index (χ3n) is 7.94. The van der Waals surface area contributed by atoms with E-state index >= 15 is 0 Å². The molecule has 5 rings (SSSR count). The van der Waals surface area contributed by atoms with Gasteiger partial charge in [-0.3, -0.25) is 4.90 Å². The van der Waals surface area contributed by atoms with Crippen LogP contribution in [0.15, 0.2) is 46.5 Å². The van der Waals surface area contributed by atoms with Crippen LogP contribution in [-0.2, 0) is 20.4 Å². The molecule has 3 unspecified atom stereocenters. The molecule has 4 atom stereocenters. The molecule has 3 aliphatic heterocycles. The summed E-state index contributed by atoms with van der Waals surface area (Å²) in [7, 11) is -4.04. The number of fused-ring (bicyclic) bond motifs is 2. The van der Waals surface area contributed by atoms with Crippen molar-refractivity contribution in [1.82, 2.24) is 19.2 Å². The average Bonchev–Trinajstić information content (AvgIpc) is 3.07. The Bertz CT molecular complexity index is 1380. The molecule has 1 aromatic carbocycles. The van der Waals surface area contributed by atoms with E-state index in [1.165, 1.54) is 21.3 Å². The summed E-state index contributed by atoms with van der Waals surface area (Å²) < 4.78 is 114. The molecular weight excluding hydrogens is 616 g/mol. The van der Waals surface area contributed by atoms with Gasteiger partial charge in [0.25, 0.3) is 5.60 Å². The maximum Gasteiger partial charge on any atom is 0.430 e. The standard InChI is InChI=1S/C24H27F6N5O5S2/c25-23(26,27)22(37,24(28,29)30)14-8-31-21(32-9-14)34-6-5-33(42(38,39)20-4-2-1-3-19(20)41)10-16(34)11-35-15-7-18(36)17(35)13-40-12-15/h1-4,8-9,15-18,36-37,41H,5-7,10-13H2/t15?,16-,17?,18?/m1/s1. The first-order chi connectivity index (χ1) is 19.6. The van der Waals surface area contributed by atoms with Gasteiger partial charge in [0.1, 0.15) is 0 Å². The second-order valence-electron chi connectivity index (χ2n) is 10.4. The van der Waals surface area contributed by atoms with E-state index in [0.29, 0.717) is 13.0 Å². The van der Waals surface area contributed by atoms with Crippen molar-refractivity contribution in [3.63, 3.8) is 0 Å². The zero-order valence-corrected chi connectivity index (χ0v) is 23.4. The van der Waals surface area contributed by atoms with Crippen LogP contribution in [0.5, 0.6) is 0 Å². The third-order valence-corrected chi connectivity index (χ3v) is 10.4. The molecule has 0 spiro atoms. The van der Waals surface area contributed by atoms with Crippen LogP contribution in [0.25, 0.3) is 0 Å². The number of halogens is 6. The zero-order chi connectivity index (χ0) is 30.7. The fraction of sp³-hybridized carbons (Fsp3) is 0.583. The summed E-state index contributed by atoms with van der Waals surface area (Å²) in [6.07, 6.45) is -11.9. The number of alkyl halides is 6. The zero-order valence-electron chi connectivity index (χ0n) is 21.7. The molecule has 0 aliphatic carbocycles. The van der Waals surface area contributed by atoms with E-state index in [0.717, 1.165) is 0 Å². The van der Waals surface area contributed by atoms with Gasteiger partial charge in [0.2, 0.25) is 16.0 Å². The van der Waals surface area contributed by atoms with Gasteiger partial charge in [-0.1, -0.05) is 12.1 Å². The maximum absolute atomic E-state index is 13.5. The Morgan fingerprint density at radius 3 is 2.26 bits per heavy atom. The number of benzene rings is 1. The third kappa shape index (κ3) is 5.35. The maximum atomic E-state index is 13.5. The van der Waals surface area contributed by atoms with Crippen LogP contribution in [0.3, 0.4) is 0 Å². The predicted molar refractivity (Wildman–Crippen MR) is 137 cm³/mol. The van der Waals surface area contributed by atoms with Gasteiger partial charge in [-0.25, -0.2) is 18.4 Å². The molecule has 0 amide bonds. The van der Waals surface area contributed by atoms with Crippen LogP contribution in [0.4, 0.5) is 32.3 Å². The van der Waals surface area contributed by atoms with Gasteiger partial charge >= 0.3 is 12.4 Å². The van der Waals surface area contributed by atoms with Gasteiger partial charge in [-0.15, -0.1) is 12.6 Å². The lowest BCUT2D eigenvalue weighted by Crippen LogP contribution is -2.61. The molecule has 3 saturated heterocycles. The molecule has 2 aromatic rings. The van der Waals surface area contributed by atoms with Crippen molar-refractivity contribution in [2.24, 2.45) is 0 Å². The Kier molecular flexibility index (Phi) is 8.21. The van der Waals surface area contributed by atoms with Crippen LogP contribution >= 0.6 is 12.6 Å². The number of aliphatic hydroxyl groups is 2. The predicted octanol–water partition coefficient (Wildman–Crippen LogP) is 1.79. The van der Waals surface area contributed by atoms with Gasteiger partial charge in [-0.05, 0) is 18.6 Å². The monoisotopic (exact) mass is 643 g/mol. The summed E-state index contributed by atoms with van der Waals surface area (Å²) in [5, 5.41) is 20.2. The van der Waals surface area contributed by atoms with E-state index in [1.807, 2.05) is 4.90 Å². The van der Waals surface area contributed by atoms with Gasteiger partial charge in [0.05, 0.1) is 36.3 Å². The SMILES string of the molecule is O=S(=O)(c1ccccc1S)N1CCN(c2ncc(C(O)(C(F)(F)F)C(F)(F)F)cn2)[C@@H](CN2C3COCC2C(O)C3)C1. The van der Waals surface area contributed by atoms with Crippen molar-refractivity contribution in [3.05, 3.63) is 42.2 Å². The highest BCUT2D eigenvalue weighted by molar-refractivity contribution is 7.90. The summed E-state index contributed by atoms with van der Waals surface area (Å²) >= 11 is 4.26. The molecule has 2 bridgehead atoms. The summed E-state index contributed by atoms with van der Waals surface area (Å²) in [4.78, 5) is 11.2. The molecule has 4 heterocycles. The highest BCUT2D eigenvalue weighted by Gasteiger charge is 2.71. The van der Waals surface area contributed by atoms with E-state index in [2.05, 4.69) is 22.6 Å². The Morgan fingerprint density at radius 1 is 1.02 bits per heavy atom. The summed E-state index contributed by atoms with van der Waals surface area (Å²) in [6.45, 7) is 0.455. The van der Waals surface area contributed by atoms with Crippen LogP contribution in [0, 0.1) is 0 Å². The van der Waals surface area contributed by atoms with Crippen LogP contribution in [-0.4, -0.2) is 114 Å². The minimum atomic E-state index is -6.10. The van der Waals surface area contributed by atoms with E-state index < -0.39 is 45.7 Å². The average molecular weight is 644 g/mol. The number of hydrogen-bond donors (Lipinski definition) is 3. The number of aliphatic hydroxyl groups excluding tert-OH is 1. The van der Waals surface area contributed by atoms with Crippen LogP contribution in [0.2, 0.25) is 0 Å². The number of nitrogens with zero attached hydrogens (tertiary/aromatic N) is 5. The van der Waals surface area contributed by atoms with Gasteiger partial charge < -0.3 is 19.8 Å². The lowest BCUT2D eigenvalue weighted by molar-refractivity contribution is -0.376. The normalized spacial score (nSPS) is 26.5. The number of rotatable bonds is 6.